The van der Waals surface area contributed by atoms with E-state index in [1.54, 1.807) is 0 Å². The Kier molecular flexibility index (Phi) is 3.36. The summed E-state index contributed by atoms with van der Waals surface area (Å²) in [6.07, 6.45) is 2.38. The molecule has 0 aromatic heterocycles. The van der Waals surface area contributed by atoms with Crippen LogP contribution in [0.4, 0.5) is 0 Å². The highest BCUT2D eigenvalue weighted by Crippen LogP contribution is 2.17. The Balaban J connectivity index is 2.62. The van der Waals surface area contributed by atoms with Crippen LogP contribution >= 0.6 is 0 Å². The first-order chi connectivity index (χ1) is 6.66. The summed E-state index contributed by atoms with van der Waals surface area (Å²) in [6.45, 7) is 0.109. The van der Waals surface area contributed by atoms with Gasteiger partial charge in [-0.05, 0) is 12.8 Å². The molecule has 1 aliphatic heterocycles. The zero-order valence-corrected chi connectivity index (χ0v) is 7.47. The highest BCUT2D eigenvalue weighted by atomic mass is 16.4. The summed E-state index contributed by atoms with van der Waals surface area (Å²) in [7, 11) is 0. The molecule has 1 atom stereocenters. The molecule has 0 spiro atoms. The fraction of sp³-hybridized carbons (Fsp3) is 0.625. The van der Waals surface area contributed by atoms with Crippen LogP contribution < -0.4 is 0 Å². The van der Waals surface area contributed by atoms with Crippen molar-refractivity contribution in [1.29, 1.82) is 0 Å². The average molecular weight is 198 g/mol. The van der Waals surface area contributed by atoms with E-state index in [1.807, 2.05) is 0 Å². The molecule has 76 valence electrons. The molecular weight excluding hydrogens is 188 g/mol. The Morgan fingerprint density at radius 2 is 2.29 bits per heavy atom. The van der Waals surface area contributed by atoms with Crippen LogP contribution in [0.25, 0.3) is 0 Å². The van der Waals surface area contributed by atoms with E-state index in [0.717, 1.165) is 0 Å². The Hall–Kier alpha value is -1.68. The van der Waals surface area contributed by atoms with E-state index in [0.29, 0.717) is 19.4 Å². The van der Waals surface area contributed by atoms with Gasteiger partial charge in [-0.15, -0.1) is 0 Å². The van der Waals surface area contributed by atoms with Gasteiger partial charge in [0.2, 0.25) is 12.0 Å². The lowest BCUT2D eigenvalue weighted by Crippen LogP contribution is -2.41. The third-order valence-electron chi connectivity index (χ3n) is 2.14. The quantitative estimate of drug-likeness (QED) is 0.484. The number of rotatable bonds is 3. The van der Waals surface area contributed by atoms with Gasteiger partial charge in [-0.3, -0.25) is 4.79 Å². The normalized spacial score (nSPS) is 20.3. The van der Waals surface area contributed by atoms with Crippen LogP contribution in [0.1, 0.15) is 12.8 Å². The molecule has 1 N–H and O–H groups in total. The Morgan fingerprint density at radius 3 is 2.86 bits per heavy atom. The van der Waals surface area contributed by atoms with Crippen LogP contribution in [0.3, 0.4) is 0 Å². The fourth-order valence-electron chi connectivity index (χ4n) is 1.51. The molecule has 1 heterocycles. The highest BCUT2D eigenvalue weighted by Gasteiger charge is 2.33. The van der Waals surface area contributed by atoms with E-state index >= 15 is 0 Å². The lowest BCUT2D eigenvalue weighted by molar-refractivity contribution is -0.147. The molecule has 1 saturated heterocycles. The van der Waals surface area contributed by atoms with E-state index < -0.39 is 17.9 Å². The molecule has 6 heteroatoms. The maximum Gasteiger partial charge on any atom is 0.326 e. The lowest BCUT2D eigenvalue weighted by Gasteiger charge is -2.19. The third kappa shape index (κ3) is 2.17. The molecule has 1 fully saturated rings. The zero-order valence-electron chi connectivity index (χ0n) is 7.47. The van der Waals surface area contributed by atoms with E-state index in [2.05, 4.69) is 4.99 Å². The Bertz CT molecular complexity index is 296. The zero-order chi connectivity index (χ0) is 10.6. The number of carbonyl (C=O) groups excluding carboxylic acids is 2. The summed E-state index contributed by atoms with van der Waals surface area (Å²) in [5.74, 6) is -1.44. The second kappa shape index (κ2) is 4.53. The van der Waals surface area contributed by atoms with Crippen LogP contribution in [0.5, 0.6) is 0 Å². The molecule has 0 aromatic rings. The number of isocyanates is 1. The number of carboxylic acids is 1. The SMILES string of the molecule is O=C=NCC(=O)N1CCC[C@H]1C(=O)O. The smallest absolute Gasteiger partial charge is 0.326 e. The van der Waals surface area contributed by atoms with E-state index in [1.165, 1.54) is 11.0 Å². The Morgan fingerprint density at radius 1 is 1.57 bits per heavy atom. The predicted octanol–water partition coefficient (Wildman–Crippen LogP) is -0.602. The minimum Gasteiger partial charge on any atom is -0.480 e. The fourth-order valence-corrected chi connectivity index (χ4v) is 1.51. The second-order valence-corrected chi connectivity index (χ2v) is 2.99. The van der Waals surface area contributed by atoms with Gasteiger partial charge in [0, 0.05) is 6.54 Å². The van der Waals surface area contributed by atoms with Crippen molar-refractivity contribution in [2.75, 3.05) is 13.1 Å². The highest BCUT2D eigenvalue weighted by molar-refractivity contribution is 5.85. The van der Waals surface area contributed by atoms with Crippen LogP contribution in [0.15, 0.2) is 4.99 Å². The van der Waals surface area contributed by atoms with Crippen molar-refractivity contribution in [3.63, 3.8) is 0 Å². The van der Waals surface area contributed by atoms with Crippen LogP contribution in [0.2, 0.25) is 0 Å². The van der Waals surface area contributed by atoms with Gasteiger partial charge in [0.15, 0.2) is 0 Å². The third-order valence-corrected chi connectivity index (χ3v) is 2.14. The summed E-state index contributed by atoms with van der Waals surface area (Å²) in [5, 5.41) is 8.76. The number of hydrogen-bond donors (Lipinski definition) is 1. The van der Waals surface area contributed by atoms with Gasteiger partial charge in [-0.1, -0.05) is 0 Å². The number of nitrogens with zero attached hydrogens (tertiary/aromatic N) is 2. The number of amides is 1. The summed E-state index contributed by atoms with van der Waals surface area (Å²) in [6, 6.07) is -0.760. The van der Waals surface area contributed by atoms with Crippen molar-refractivity contribution >= 4 is 18.0 Å². The van der Waals surface area contributed by atoms with Gasteiger partial charge in [-0.25, -0.2) is 9.59 Å². The molecule has 14 heavy (non-hydrogen) atoms. The predicted molar refractivity (Wildman–Crippen MR) is 45.4 cm³/mol. The van der Waals surface area contributed by atoms with Gasteiger partial charge in [0.1, 0.15) is 12.6 Å². The summed E-state index contributed by atoms with van der Waals surface area (Å²) in [4.78, 5) is 36.1. The first-order valence-corrected chi connectivity index (χ1v) is 4.22. The molecule has 0 saturated carbocycles. The van der Waals surface area contributed by atoms with E-state index in [4.69, 9.17) is 5.11 Å². The monoisotopic (exact) mass is 198 g/mol. The summed E-state index contributed by atoms with van der Waals surface area (Å²) >= 11 is 0. The van der Waals surface area contributed by atoms with Crippen LogP contribution in [-0.4, -0.2) is 47.1 Å². The first kappa shape index (κ1) is 10.4. The van der Waals surface area contributed by atoms with Crippen LogP contribution in [-0.2, 0) is 14.4 Å². The molecule has 0 radical (unpaired) electrons. The maximum absolute atomic E-state index is 11.3. The van der Waals surface area contributed by atoms with Gasteiger partial charge < -0.3 is 10.0 Å². The van der Waals surface area contributed by atoms with Gasteiger partial charge >= 0.3 is 5.97 Å². The number of carbonyl (C=O) groups is 2. The molecule has 1 aliphatic rings. The molecule has 0 unspecified atom stereocenters. The summed E-state index contributed by atoms with van der Waals surface area (Å²) in [5.41, 5.74) is 0. The Labute approximate surface area is 80.2 Å². The number of aliphatic imine (C=N–C) groups is 1. The number of aliphatic carboxylic acids is 1. The standard InChI is InChI=1S/C8H10N2O4/c11-5-9-4-7(12)10-3-1-2-6(10)8(13)14/h6H,1-4H2,(H,13,14)/t6-/m0/s1. The molecule has 0 aromatic carbocycles. The van der Waals surface area contributed by atoms with E-state index in [9.17, 15) is 14.4 Å². The number of likely N-dealkylation sites (tertiary alicyclic amines) is 1. The van der Waals surface area contributed by atoms with Gasteiger partial charge in [-0.2, -0.15) is 4.99 Å². The van der Waals surface area contributed by atoms with Gasteiger partial charge in [0.05, 0.1) is 0 Å². The van der Waals surface area contributed by atoms with Crippen molar-refractivity contribution in [3.05, 3.63) is 0 Å². The molecule has 0 aliphatic carbocycles. The molecule has 1 amide bonds. The van der Waals surface area contributed by atoms with Gasteiger partial charge in [0.25, 0.3) is 0 Å². The second-order valence-electron chi connectivity index (χ2n) is 2.99. The minimum atomic E-state index is -1.01. The van der Waals surface area contributed by atoms with Crippen LogP contribution in [0, 0.1) is 0 Å². The number of carboxylic acid groups (broad SMARTS) is 1. The first-order valence-electron chi connectivity index (χ1n) is 4.22. The van der Waals surface area contributed by atoms with E-state index in [-0.39, 0.29) is 6.54 Å². The molecule has 1 rings (SSSR count). The van der Waals surface area contributed by atoms with Crippen molar-refractivity contribution in [3.8, 4) is 0 Å². The average Bonchev–Trinajstić information content (AvgIpc) is 2.62. The lowest BCUT2D eigenvalue weighted by atomic mass is 10.2. The molecule has 6 nitrogen and oxygen atoms in total. The maximum atomic E-state index is 11.3. The molecular formula is C8H10N2O4. The largest absolute Gasteiger partial charge is 0.480 e. The van der Waals surface area contributed by atoms with Crippen molar-refractivity contribution in [2.24, 2.45) is 4.99 Å². The van der Waals surface area contributed by atoms with Crippen molar-refractivity contribution < 1.29 is 19.5 Å². The molecule has 0 bridgehead atoms. The number of hydrogen-bond acceptors (Lipinski definition) is 4. The minimum absolute atomic E-state index is 0.312. The van der Waals surface area contributed by atoms with Crippen molar-refractivity contribution in [2.45, 2.75) is 18.9 Å². The van der Waals surface area contributed by atoms with Crippen molar-refractivity contribution in [1.82, 2.24) is 4.90 Å². The summed E-state index contributed by atoms with van der Waals surface area (Å²) < 4.78 is 0. The topological polar surface area (TPSA) is 87.0 Å².